The van der Waals surface area contributed by atoms with Crippen LogP contribution in [0.1, 0.15) is 31.6 Å². The Labute approximate surface area is 140 Å². The molecule has 1 amide bonds. The Balaban J connectivity index is 1.49. The standard InChI is InChI=1S/C18H22N2O4/c1-23-14-5-3-13(4-6-14)15-11-19-17(24-15)8-7-16(21)20-12-18(22)9-2-10-18/h3-6,11,22H,2,7-10,12H2,1H3,(H,20,21). The summed E-state index contributed by atoms with van der Waals surface area (Å²) in [5.74, 6) is 1.87. The number of carbonyl (C=O) groups excluding carboxylic acids is 1. The molecule has 1 heterocycles. The molecule has 0 unspecified atom stereocenters. The summed E-state index contributed by atoms with van der Waals surface area (Å²) in [7, 11) is 1.62. The molecule has 6 heteroatoms. The number of benzene rings is 1. The first-order chi connectivity index (χ1) is 11.6. The van der Waals surface area contributed by atoms with Crippen LogP contribution in [0.3, 0.4) is 0 Å². The first kappa shape index (κ1) is 16.5. The van der Waals surface area contributed by atoms with Gasteiger partial charge in [-0.25, -0.2) is 4.98 Å². The fourth-order valence-electron chi connectivity index (χ4n) is 2.65. The minimum Gasteiger partial charge on any atom is -0.497 e. The average molecular weight is 330 g/mol. The maximum atomic E-state index is 11.8. The molecule has 1 aliphatic carbocycles. The normalized spacial score (nSPS) is 15.6. The molecule has 0 spiro atoms. The number of nitrogens with one attached hydrogen (secondary N) is 1. The molecule has 3 rings (SSSR count). The third-order valence-corrected chi connectivity index (χ3v) is 4.39. The van der Waals surface area contributed by atoms with E-state index in [4.69, 9.17) is 9.15 Å². The van der Waals surface area contributed by atoms with E-state index in [2.05, 4.69) is 10.3 Å². The average Bonchev–Trinajstić information content (AvgIpc) is 3.05. The van der Waals surface area contributed by atoms with Crippen LogP contribution >= 0.6 is 0 Å². The van der Waals surface area contributed by atoms with Crippen molar-refractivity contribution >= 4 is 5.91 Å². The van der Waals surface area contributed by atoms with Gasteiger partial charge in [-0.05, 0) is 43.5 Å². The minimum absolute atomic E-state index is 0.0977. The SMILES string of the molecule is COc1ccc(-c2cnc(CCC(=O)NCC3(O)CCC3)o2)cc1. The molecule has 0 aliphatic heterocycles. The van der Waals surface area contributed by atoms with Gasteiger partial charge in [-0.2, -0.15) is 0 Å². The number of aromatic nitrogens is 1. The number of aryl methyl sites for hydroxylation is 1. The van der Waals surface area contributed by atoms with Gasteiger partial charge in [-0.15, -0.1) is 0 Å². The zero-order valence-electron chi connectivity index (χ0n) is 13.7. The van der Waals surface area contributed by atoms with Crippen molar-refractivity contribution in [2.75, 3.05) is 13.7 Å². The second-order valence-electron chi connectivity index (χ2n) is 6.20. The predicted octanol–water partition coefficient (Wildman–Crippen LogP) is 2.31. The molecule has 1 fully saturated rings. The lowest BCUT2D eigenvalue weighted by Crippen LogP contribution is -2.47. The van der Waals surface area contributed by atoms with Gasteiger partial charge in [0.1, 0.15) is 5.75 Å². The molecule has 2 N–H and O–H groups in total. The number of hydrogen-bond donors (Lipinski definition) is 2. The molecule has 128 valence electrons. The van der Waals surface area contributed by atoms with Crippen molar-refractivity contribution in [1.82, 2.24) is 10.3 Å². The van der Waals surface area contributed by atoms with E-state index in [1.165, 1.54) is 0 Å². The maximum absolute atomic E-state index is 11.8. The van der Waals surface area contributed by atoms with Gasteiger partial charge in [-0.1, -0.05) is 0 Å². The molecule has 0 atom stereocenters. The lowest BCUT2D eigenvalue weighted by Gasteiger charge is -2.36. The number of methoxy groups -OCH3 is 1. The Bertz CT molecular complexity index is 689. The van der Waals surface area contributed by atoms with E-state index in [1.54, 1.807) is 13.3 Å². The van der Waals surface area contributed by atoms with E-state index in [0.717, 1.165) is 30.6 Å². The third kappa shape index (κ3) is 3.94. The van der Waals surface area contributed by atoms with Gasteiger partial charge in [0, 0.05) is 24.9 Å². The molecular formula is C18H22N2O4. The molecule has 1 saturated carbocycles. The lowest BCUT2D eigenvalue weighted by atomic mass is 9.80. The van der Waals surface area contributed by atoms with Crippen LogP contribution < -0.4 is 10.1 Å². The molecule has 2 aromatic rings. The third-order valence-electron chi connectivity index (χ3n) is 4.39. The van der Waals surface area contributed by atoms with Crippen LogP contribution in [0.2, 0.25) is 0 Å². The minimum atomic E-state index is -0.694. The topological polar surface area (TPSA) is 84.6 Å². The monoisotopic (exact) mass is 330 g/mol. The molecule has 0 saturated heterocycles. The van der Waals surface area contributed by atoms with Crippen molar-refractivity contribution in [1.29, 1.82) is 0 Å². The van der Waals surface area contributed by atoms with E-state index in [0.29, 0.717) is 31.0 Å². The van der Waals surface area contributed by atoms with Gasteiger partial charge < -0.3 is 19.6 Å². The second-order valence-corrected chi connectivity index (χ2v) is 6.20. The quantitative estimate of drug-likeness (QED) is 0.814. The lowest BCUT2D eigenvalue weighted by molar-refractivity contribution is -0.123. The van der Waals surface area contributed by atoms with Crippen LogP contribution in [0, 0.1) is 0 Å². The van der Waals surface area contributed by atoms with E-state index in [9.17, 15) is 9.90 Å². The molecule has 1 aliphatic rings. The molecular weight excluding hydrogens is 308 g/mol. The van der Waals surface area contributed by atoms with Crippen molar-refractivity contribution in [2.45, 2.75) is 37.7 Å². The Hall–Kier alpha value is -2.34. The van der Waals surface area contributed by atoms with Gasteiger partial charge in [-0.3, -0.25) is 4.79 Å². The predicted molar refractivity (Wildman–Crippen MR) is 88.6 cm³/mol. The number of nitrogens with zero attached hydrogens (tertiary/aromatic N) is 1. The molecule has 1 aromatic heterocycles. The summed E-state index contributed by atoms with van der Waals surface area (Å²) in [5, 5.41) is 12.7. The Morgan fingerprint density at radius 1 is 1.38 bits per heavy atom. The summed E-state index contributed by atoms with van der Waals surface area (Å²) in [6.45, 7) is 0.328. The van der Waals surface area contributed by atoms with E-state index in [1.807, 2.05) is 24.3 Å². The fraction of sp³-hybridized carbons (Fsp3) is 0.444. The van der Waals surface area contributed by atoms with Crippen LogP contribution in [0.15, 0.2) is 34.9 Å². The van der Waals surface area contributed by atoms with E-state index >= 15 is 0 Å². The smallest absolute Gasteiger partial charge is 0.220 e. The first-order valence-electron chi connectivity index (χ1n) is 8.16. The first-order valence-corrected chi connectivity index (χ1v) is 8.16. The van der Waals surface area contributed by atoms with Crippen molar-refractivity contribution in [3.63, 3.8) is 0 Å². The number of oxazole rings is 1. The van der Waals surface area contributed by atoms with Gasteiger partial charge in [0.05, 0.1) is 18.9 Å². The summed E-state index contributed by atoms with van der Waals surface area (Å²) < 4.78 is 10.8. The van der Waals surface area contributed by atoms with Gasteiger partial charge in [0.2, 0.25) is 5.91 Å². The van der Waals surface area contributed by atoms with Crippen LogP contribution in [0.25, 0.3) is 11.3 Å². The molecule has 6 nitrogen and oxygen atoms in total. The summed E-state index contributed by atoms with van der Waals surface area (Å²) in [6, 6.07) is 7.51. The Morgan fingerprint density at radius 3 is 2.75 bits per heavy atom. The van der Waals surface area contributed by atoms with Crippen LogP contribution in [-0.2, 0) is 11.2 Å². The fourth-order valence-corrected chi connectivity index (χ4v) is 2.65. The highest BCUT2D eigenvalue weighted by Gasteiger charge is 2.34. The summed E-state index contributed by atoms with van der Waals surface area (Å²) in [6.07, 6.45) is 4.93. The number of ether oxygens (including phenoxy) is 1. The zero-order chi connectivity index (χ0) is 17.0. The van der Waals surface area contributed by atoms with Crippen molar-refractivity contribution in [2.24, 2.45) is 0 Å². The summed E-state index contributed by atoms with van der Waals surface area (Å²) >= 11 is 0. The molecule has 24 heavy (non-hydrogen) atoms. The Kier molecular flexibility index (Phi) is 4.85. The van der Waals surface area contributed by atoms with Crippen molar-refractivity contribution < 1.29 is 19.1 Å². The van der Waals surface area contributed by atoms with E-state index < -0.39 is 5.60 Å². The largest absolute Gasteiger partial charge is 0.497 e. The maximum Gasteiger partial charge on any atom is 0.220 e. The van der Waals surface area contributed by atoms with Gasteiger partial charge >= 0.3 is 0 Å². The number of amides is 1. The van der Waals surface area contributed by atoms with Crippen LogP contribution in [0.5, 0.6) is 5.75 Å². The summed E-state index contributed by atoms with van der Waals surface area (Å²) in [5.41, 5.74) is 0.214. The second kappa shape index (κ2) is 7.05. The molecule has 1 aromatic carbocycles. The highest BCUT2D eigenvalue weighted by Crippen LogP contribution is 2.30. The summed E-state index contributed by atoms with van der Waals surface area (Å²) in [4.78, 5) is 16.1. The van der Waals surface area contributed by atoms with Crippen molar-refractivity contribution in [3.8, 4) is 17.1 Å². The number of aliphatic hydroxyl groups is 1. The van der Waals surface area contributed by atoms with Gasteiger partial charge in [0.25, 0.3) is 0 Å². The highest BCUT2D eigenvalue weighted by atomic mass is 16.5. The van der Waals surface area contributed by atoms with E-state index in [-0.39, 0.29) is 5.91 Å². The number of carbonyl (C=O) groups is 1. The number of hydrogen-bond acceptors (Lipinski definition) is 5. The highest BCUT2D eigenvalue weighted by molar-refractivity contribution is 5.76. The zero-order valence-corrected chi connectivity index (χ0v) is 13.7. The number of rotatable bonds is 7. The molecule has 0 bridgehead atoms. The van der Waals surface area contributed by atoms with Gasteiger partial charge in [0.15, 0.2) is 11.7 Å². The molecule has 0 radical (unpaired) electrons. The van der Waals surface area contributed by atoms with Crippen LogP contribution in [0.4, 0.5) is 0 Å². The Morgan fingerprint density at radius 2 is 2.12 bits per heavy atom. The van der Waals surface area contributed by atoms with Crippen molar-refractivity contribution in [3.05, 3.63) is 36.4 Å². The van der Waals surface area contributed by atoms with Crippen LogP contribution in [-0.4, -0.2) is 35.3 Å².